The molecule has 0 saturated carbocycles. The van der Waals surface area contributed by atoms with Crippen LogP contribution in [-0.2, 0) is 0 Å². The van der Waals surface area contributed by atoms with E-state index in [2.05, 4.69) is 38.0 Å². The minimum atomic E-state index is -1.31. The van der Waals surface area contributed by atoms with Crippen LogP contribution in [0.25, 0.3) is 0 Å². The molecule has 0 aromatic rings. The van der Waals surface area contributed by atoms with Gasteiger partial charge in [0.1, 0.15) is 0 Å². The highest BCUT2D eigenvalue weighted by atomic mass is 28.3. The van der Waals surface area contributed by atoms with E-state index in [1.165, 1.54) is 12.5 Å². The van der Waals surface area contributed by atoms with Crippen molar-refractivity contribution >= 4 is 8.07 Å². The fourth-order valence-corrected chi connectivity index (χ4v) is 6.51. The summed E-state index contributed by atoms with van der Waals surface area (Å²) in [5, 5.41) is 9.56. The van der Waals surface area contributed by atoms with E-state index in [0.29, 0.717) is 0 Å². The first-order chi connectivity index (χ1) is 8.64. The lowest BCUT2D eigenvalue weighted by Gasteiger charge is -2.28. The molecule has 0 aromatic heterocycles. The second-order valence-electron chi connectivity index (χ2n) is 5.29. The van der Waals surface area contributed by atoms with Gasteiger partial charge in [0.25, 0.3) is 0 Å². The molecule has 0 amide bonds. The Morgan fingerprint density at radius 1 is 1.00 bits per heavy atom. The molecule has 0 aliphatic rings. The quantitative estimate of drug-likeness (QED) is 0.301. The molecule has 0 rings (SSSR count). The van der Waals surface area contributed by atoms with Crippen molar-refractivity contribution in [1.82, 2.24) is 0 Å². The highest BCUT2D eigenvalue weighted by molar-refractivity contribution is 6.81. The largest absolute Gasteiger partial charge is 0.393 e. The predicted octanol–water partition coefficient (Wildman–Crippen LogP) is 4.93. The molecule has 104 valence electrons. The molecule has 1 atom stereocenters. The molecule has 1 N–H and O–H groups in total. The number of allylic oxidation sites excluding steroid dienone is 3. The molecule has 0 heterocycles. The van der Waals surface area contributed by atoms with Gasteiger partial charge in [-0.05, 0) is 31.0 Å². The molecule has 0 spiro atoms. The zero-order valence-electron chi connectivity index (χ0n) is 12.0. The van der Waals surface area contributed by atoms with Crippen LogP contribution < -0.4 is 0 Å². The third kappa shape index (κ3) is 6.97. The van der Waals surface area contributed by atoms with Crippen LogP contribution in [0, 0.1) is 0 Å². The Labute approximate surface area is 114 Å². The van der Waals surface area contributed by atoms with Crippen LogP contribution in [0.3, 0.4) is 0 Å². The molecule has 1 unspecified atom stereocenters. The standard InChI is InChI=1S/C16H30OSi/c1-5-12-18(13-6-2,14-7-3)15-10-9-11-16(17)8-4/h5-7,16-17H,1-3,8-15H2,4H3. The van der Waals surface area contributed by atoms with Gasteiger partial charge in [-0.25, -0.2) is 0 Å². The van der Waals surface area contributed by atoms with Gasteiger partial charge in [-0.3, -0.25) is 0 Å². The van der Waals surface area contributed by atoms with Crippen molar-refractivity contribution in [2.75, 3.05) is 0 Å². The zero-order chi connectivity index (χ0) is 13.9. The van der Waals surface area contributed by atoms with Gasteiger partial charge in [0.15, 0.2) is 0 Å². The fraction of sp³-hybridized carbons (Fsp3) is 0.625. The smallest absolute Gasteiger partial charge is 0.0648 e. The number of rotatable bonds is 12. The summed E-state index contributed by atoms with van der Waals surface area (Å²) in [5.41, 5.74) is 0. The van der Waals surface area contributed by atoms with Crippen molar-refractivity contribution in [2.45, 2.75) is 62.9 Å². The average Bonchev–Trinajstić information content (AvgIpc) is 2.35. The molecule has 0 radical (unpaired) electrons. The van der Waals surface area contributed by atoms with Crippen LogP contribution in [0.15, 0.2) is 38.0 Å². The summed E-state index contributed by atoms with van der Waals surface area (Å²) in [7, 11) is -1.31. The molecule has 2 heteroatoms. The van der Waals surface area contributed by atoms with Crippen molar-refractivity contribution in [3.8, 4) is 0 Å². The Balaban J connectivity index is 4.24. The van der Waals surface area contributed by atoms with E-state index < -0.39 is 8.07 Å². The lowest BCUT2D eigenvalue weighted by Crippen LogP contribution is -2.31. The predicted molar refractivity (Wildman–Crippen MR) is 85.7 cm³/mol. The molecular weight excluding hydrogens is 236 g/mol. The van der Waals surface area contributed by atoms with E-state index in [-0.39, 0.29) is 6.10 Å². The minimum absolute atomic E-state index is 0.112. The minimum Gasteiger partial charge on any atom is -0.393 e. The van der Waals surface area contributed by atoms with Crippen molar-refractivity contribution in [2.24, 2.45) is 0 Å². The average molecular weight is 267 g/mol. The summed E-state index contributed by atoms with van der Waals surface area (Å²) in [6, 6.07) is 4.76. The SMILES string of the molecule is C=CC[Si](CC=C)(CC=C)CCCCC(O)CC. The summed E-state index contributed by atoms with van der Waals surface area (Å²) in [6.45, 7) is 13.8. The summed E-state index contributed by atoms with van der Waals surface area (Å²) >= 11 is 0. The number of hydrogen-bond donors (Lipinski definition) is 1. The van der Waals surface area contributed by atoms with Gasteiger partial charge < -0.3 is 5.11 Å². The van der Waals surface area contributed by atoms with E-state index in [4.69, 9.17) is 0 Å². The van der Waals surface area contributed by atoms with E-state index in [9.17, 15) is 5.11 Å². The summed E-state index contributed by atoms with van der Waals surface area (Å²) in [4.78, 5) is 0. The summed E-state index contributed by atoms with van der Waals surface area (Å²) in [5.74, 6) is 0. The second kappa shape index (κ2) is 10.3. The lowest BCUT2D eigenvalue weighted by atomic mass is 10.1. The molecular formula is C16H30OSi. The number of aliphatic hydroxyl groups excluding tert-OH is 1. The van der Waals surface area contributed by atoms with Crippen LogP contribution in [0.1, 0.15) is 32.6 Å². The maximum absolute atomic E-state index is 9.56. The van der Waals surface area contributed by atoms with Gasteiger partial charge in [-0.15, -0.1) is 19.7 Å². The number of hydrogen-bond acceptors (Lipinski definition) is 1. The monoisotopic (exact) mass is 266 g/mol. The Kier molecular flexibility index (Phi) is 9.99. The van der Waals surface area contributed by atoms with Crippen molar-refractivity contribution < 1.29 is 5.11 Å². The first-order valence-electron chi connectivity index (χ1n) is 7.15. The van der Waals surface area contributed by atoms with Gasteiger partial charge in [0, 0.05) is 0 Å². The van der Waals surface area contributed by atoms with Crippen molar-refractivity contribution in [1.29, 1.82) is 0 Å². The second-order valence-corrected chi connectivity index (χ2v) is 10.0. The summed E-state index contributed by atoms with van der Waals surface area (Å²) in [6.07, 6.45) is 10.3. The molecule has 0 aliphatic carbocycles. The van der Waals surface area contributed by atoms with E-state index in [1.807, 2.05) is 6.92 Å². The molecule has 0 aromatic carbocycles. The highest BCUT2D eigenvalue weighted by Crippen LogP contribution is 2.29. The van der Waals surface area contributed by atoms with E-state index in [1.54, 1.807) is 0 Å². The maximum Gasteiger partial charge on any atom is 0.0648 e. The van der Waals surface area contributed by atoms with Crippen molar-refractivity contribution in [3.63, 3.8) is 0 Å². The highest BCUT2D eigenvalue weighted by Gasteiger charge is 2.27. The molecule has 1 nitrogen and oxygen atoms in total. The topological polar surface area (TPSA) is 20.2 Å². The third-order valence-corrected chi connectivity index (χ3v) is 8.58. The lowest BCUT2D eigenvalue weighted by molar-refractivity contribution is 0.157. The molecule has 0 fully saturated rings. The number of unbranched alkanes of at least 4 members (excludes halogenated alkanes) is 1. The van der Waals surface area contributed by atoms with E-state index >= 15 is 0 Å². The van der Waals surface area contributed by atoms with Gasteiger partial charge in [0.2, 0.25) is 0 Å². The molecule has 0 aliphatic heterocycles. The Hall–Kier alpha value is -0.603. The normalized spacial score (nSPS) is 13.0. The third-order valence-electron chi connectivity index (χ3n) is 3.70. The maximum atomic E-state index is 9.56. The zero-order valence-corrected chi connectivity index (χ0v) is 13.0. The van der Waals surface area contributed by atoms with Gasteiger partial charge in [-0.2, -0.15) is 0 Å². The fourth-order valence-electron chi connectivity index (χ4n) is 2.56. The van der Waals surface area contributed by atoms with Crippen LogP contribution in [0.4, 0.5) is 0 Å². The Morgan fingerprint density at radius 3 is 1.89 bits per heavy atom. The van der Waals surface area contributed by atoms with Crippen LogP contribution >= 0.6 is 0 Å². The first kappa shape index (κ1) is 17.4. The first-order valence-corrected chi connectivity index (χ1v) is 9.97. The molecule has 18 heavy (non-hydrogen) atoms. The number of aliphatic hydroxyl groups is 1. The van der Waals surface area contributed by atoms with Gasteiger partial charge >= 0.3 is 0 Å². The van der Waals surface area contributed by atoms with Crippen LogP contribution in [0.5, 0.6) is 0 Å². The van der Waals surface area contributed by atoms with E-state index in [0.717, 1.165) is 37.4 Å². The molecule has 0 saturated heterocycles. The van der Waals surface area contributed by atoms with Gasteiger partial charge in [-0.1, -0.05) is 44.0 Å². The Bertz CT molecular complexity index is 221. The summed E-state index contributed by atoms with van der Waals surface area (Å²) < 4.78 is 0. The van der Waals surface area contributed by atoms with Crippen molar-refractivity contribution in [3.05, 3.63) is 38.0 Å². The molecule has 0 bridgehead atoms. The van der Waals surface area contributed by atoms with Crippen LogP contribution in [0.2, 0.25) is 24.2 Å². The Morgan fingerprint density at radius 2 is 1.50 bits per heavy atom. The van der Waals surface area contributed by atoms with Crippen LogP contribution in [-0.4, -0.2) is 19.3 Å². The van der Waals surface area contributed by atoms with Gasteiger partial charge in [0.05, 0.1) is 14.2 Å².